The minimum absolute atomic E-state index is 0.371. The maximum absolute atomic E-state index is 13.1. The number of rotatable bonds is 1. The summed E-state index contributed by atoms with van der Waals surface area (Å²) in [5.41, 5.74) is -4.61. The second-order valence-corrected chi connectivity index (χ2v) is 4.43. The largest absolute Gasteiger partial charge is 0.422 e. The normalized spacial score (nSPS) is 13.5. The van der Waals surface area contributed by atoms with Crippen molar-refractivity contribution in [2.45, 2.75) is 38.9 Å². The van der Waals surface area contributed by atoms with E-state index in [-0.39, 0.29) is 0 Å². The average molecular weight is 260 g/mol. The van der Waals surface area contributed by atoms with Gasteiger partial charge in [-0.2, -0.15) is 17.6 Å². The van der Waals surface area contributed by atoms with Gasteiger partial charge in [-0.3, -0.25) is 4.68 Å². The second kappa shape index (κ2) is 3.92. The summed E-state index contributed by atoms with van der Waals surface area (Å²) in [6, 6.07) is 0. The molecule has 0 unspecified atom stereocenters. The number of hydrogen-bond donors (Lipinski definition) is 0. The number of nitrogens with zero attached hydrogens (tertiary/aromatic N) is 2. The average Bonchev–Trinajstić information content (AvgIpc) is 2.40. The molecule has 0 N–H and O–H groups in total. The number of aromatic nitrogens is 2. The van der Waals surface area contributed by atoms with Crippen LogP contribution >= 0.6 is 0 Å². The highest BCUT2D eigenvalue weighted by atomic mass is 19.4. The molecular weight excluding hydrogens is 250 g/mol. The zero-order chi connectivity index (χ0) is 13.6. The van der Waals surface area contributed by atoms with Crippen molar-refractivity contribution >= 4 is 0 Å². The lowest BCUT2D eigenvalue weighted by atomic mass is 10.1. The van der Waals surface area contributed by atoms with Gasteiger partial charge < -0.3 is 0 Å². The minimum Gasteiger partial charge on any atom is -0.255 e. The molecule has 8 heteroatoms. The molecule has 0 radical (unpaired) electrons. The monoisotopic (exact) mass is 260 g/mol. The predicted octanol–water partition coefficient (Wildman–Crippen LogP) is 3.73. The summed E-state index contributed by atoms with van der Waals surface area (Å²) in [5.74, 6) is -1.93. The van der Waals surface area contributed by atoms with Crippen LogP contribution in [0.4, 0.5) is 26.3 Å². The Kier molecular flexibility index (Phi) is 3.19. The van der Waals surface area contributed by atoms with E-state index in [0.717, 1.165) is 0 Å². The van der Waals surface area contributed by atoms with E-state index < -0.39 is 35.3 Å². The van der Waals surface area contributed by atoms with Gasteiger partial charge in [0.25, 0.3) is 6.43 Å². The molecule has 0 aromatic carbocycles. The first-order valence-electron chi connectivity index (χ1n) is 4.60. The van der Waals surface area contributed by atoms with E-state index >= 15 is 0 Å². The predicted molar refractivity (Wildman–Crippen MR) is 47.1 cm³/mol. The zero-order valence-electron chi connectivity index (χ0n) is 9.24. The molecule has 0 aliphatic heterocycles. The summed E-state index contributed by atoms with van der Waals surface area (Å²) in [4.78, 5) is 0. The fourth-order valence-electron chi connectivity index (χ4n) is 1.38. The Hall–Kier alpha value is -1.21. The lowest BCUT2D eigenvalue weighted by Crippen LogP contribution is -2.26. The van der Waals surface area contributed by atoms with Gasteiger partial charge in [0.05, 0.1) is 5.54 Å². The lowest BCUT2D eigenvalue weighted by Gasteiger charge is -2.22. The van der Waals surface area contributed by atoms with Crippen molar-refractivity contribution < 1.29 is 26.3 Å². The molecule has 0 saturated carbocycles. The molecule has 0 atom stereocenters. The zero-order valence-corrected chi connectivity index (χ0v) is 9.24. The first-order chi connectivity index (χ1) is 7.46. The standard InChI is InChI=1S/C9H10F6N2/c1-8(2,3)17-5(6(10)11)4(7(12)16-17)9(13,14)15/h6H,1-3H3. The topological polar surface area (TPSA) is 17.8 Å². The third-order valence-corrected chi connectivity index (χ3v) is 2.00. The van der Waals surface area contributed by atoms with Crippen molar-refractivity contribution in [3.63, 3.8) is 0 Å². The van der Waals surface area contributed by atoms with Gasteiger partial charge in [-0.25, -0.2) is 8.78 Å². The fraction of sp³-hybridized carbons (Fsp3) is 0.667. The van der Waals surface area contributed by atoms with Gasteiger partial charge in [0.15, 0.2) is 0 Å². The molecule has 98 valence electrons. The Balaban J connectivity index is 3.58. The third-order valence-electron chi connectivity index (χ3n) is 2.00. The molecule has 1 aromatic heterocycles. The molecule has 0 fully saturated rings. The van der Waals surface area contributed by atoms with Crippen molar-refractivity contribution in [1.29, 1.82) is 0 Å². The van der Waals surface area contributed by atoms with Crippen LogP contribution in [0.2, 0.25) is 0 Å². The molecule has 1 heterocycles. The Labute approximate surface area is 93.2 Å². The molecule has 0 saturated heterocycles. The van der Waals surface area contributed by atoms with E-state index in [9.17, 15) is 26.3 Å². The highest BCUT2D eigenvalue weighted by Gasteiger charge is 2.44. The molecule has 17 heavy (non-hydrogen) atoms. The van der Waals surface area contributed by atoms with Gasteiger partial charge >= 0.3 is 6.18 Å². The summed E-state index contributed by atoms with van der Waals surface area (Å²) < 4.78 is 76.0. The smallest absolute Gasteiger partial charge is 0.255 e. The Morgan fingerprint density at radius 2 is 1.59 bits per heavy atom. The first-order valence-corrected chi connectivity index (χ1v) is 4.60. The number of halogens is 6. The summed E-state index contributed by atoms with van der Waals surface area (Å²) in [7, 11) is 0. The fourth-order valence-corrected chi connectivity index (χ4v) is 1.38. The number of hydrogen-bond acceptors (Lipinski definition) is 1. The Bertz CT molecular complexity index is 412. The minimum atomic E-state index is -5.20. The lowest BCUT2D eigenvalue weighted by molar-refractivity contribution is -0.142. The van der Waals surface area contributed by atoms with E-state index in [1.165, 1.54) is 20.8 Å². The van der Waals surface area contributed by atoms with Crippen molar-refractivity contribution in [3.05, 3.63) is 17.2 Å². The molecule has 0 bridgehead atoms. The summed E-state index contributed by atoms with van der Waals surface area (Å²) in [6.45, 7) is 4.06. The third kappa shape index (κ3) is 2.55. The summed E-state index contributed by atoms with van der Waals surface area (Å²) in [6.07, 6.45) is -8.65. The Morgan fingerprint density at radius 1 is 1.12 bits per heavy atom. The van der Waals surface area contributed by atoms with E-state index in [1.807, 2.05) is 0 Å². The van der Waals surface area contributed by atoms with Crippen molar-refractivity contribution in [3.8, 4) is 0 Å². The van der Waals surface area contributed by atoms with E-state index in [2.05, 4.69) is 5.10 Å². The van der Waals surface area contributed by atoms with Gasteiger partial charge in [0, 0.05) is 0 Å². The van der Waals surface area contributed by atoms with E-state index in [4.69, 9.17) is 0 Å². The van der Waals surface area contributed by atoms with Crippen LogP contribution < -0.4 is 0 Å². The van der Waals surface area contributed by atoms with E-state index in [0.29, 0.717) is 4.68 Å². The van der Waals surface area contributed by atoms with Gasteiger partial charge in [0.1, 0.15) is 11.3 Å². The van der Waals surface area contributed by atoms with Crippen LogP contribution in [0.5, 0.6) is 0 Å². The highest BCUT2D eigenvalue weighted by Crippen LogP contribution is 2.39. The van der Waals surface area contributed by atoms with Crippen LogP contribution in [0.15, 0.2) is 0 Å². The van der Waals surface area contributed by atoms with Crippen LogP contribution in [-0.4, -0.2) is 9.78 Å². The van der Waals surface area contributed by atoms with Gasteiger partial charge in [0.2, 0.25) is 5.95 Å². The van der Waals surface area contributed by atoms with Crippen LogP contribution in [0.1, 0.15) is 38.5 Å². The van der Waals surface area contributed by atoms with E-state index in [1.54, 1.807) is 0 Å². The SMILES string of the molecule is CC(C)(C)n1nc(F)c(C(F)(F)F)c1C(F)F. The molecule has 0 amide bonds. The molecule has 0 aliphatic rings. The quantitative estimate of drug-likeness (QED) is 0.703. The van der Waals surface area contributed by atoms with Crippen LogP contribution in [-0.2, 0) is 11.7 Å². The van der Waals surface area contributed by atoms with Gasteiger partial charge in [-0.05, 0) is 20.8 Å². The Morgan fingerprint density at radius 3 is 1.88 bits per heavy atom. The van der Waals surface area contributed by atoms with Gasteiger partial charge in [-0.1, -0.05) is 0 Å². The maximum atomic E-state index is 13.1. The van der Waals surface area contributed by atoms with Crippen molar-refractivity contribution in [2.24, 2.45) is 0 Å². The van der Waals surface area contributed by atoms with Crippen LogP contribution in [0.3, 0.4) is 0 Å². The summed E-state index contributed by atoms with van der Waals surface area (Å²) >= 11 is 0. The molecule has 1 rings (SSSR count). The van der Waals surface area contributed by atoms with Crippen LogP contribution in [0, 0.1) is 5.95 Å². The van der Waals surface area contributed by atoms with Crippen LogP contribution in [0.25, 0.3) is 0 Å². The molecular formula is C9H10F6N2. The maximum Gasteiger partial charge on any atom is 0.422 e. The molecule has 0 spiro atoms. The molecule has 2 nitrogen and oxygen atoms in total. The second-order valence-electron chi connectivity index (χ2n) is 4.43. The molecule has 1 aromatic rings. The molecule has 0 aliphatic carbocycles. The van der Waals surface area contributed by atoms with Crippen molar-refractivity contribution in [2.75, 3.05) is 0 Å². The van der Waals surface area contributed by atoms with Gasteiger partial charge in [-0.15, -0.1) is 5.10 Å². The number of alkyl halides is 5. The highest BCUT2D eigenvalue weighted by molar-refractivity contribution is 5.25. The van der Waals surface area contributed by atoms with Crippen molar-refractivity contribution in [1.82, 2.24) is 9.78 Å². The summed E-state index contributed by atoms with van der Waals surface area (Å²) in [5, 5.41) is 2.92. The first kappa shape index (κ1) is 13.9.